The summed E-state index contributed by atoms with van der Waals surface area (Å²) in [6.07, 6.45) is 0. The summed E-state index contributed by atoms with van der Waals surface area (Å²) in [7, 11) is -17.1. The van der Waals surface area contributed by atoms with Gasteiger partial charge in [0.05, 0.1) is 57.0 Å². The van der Waals surface area contributed by atoms with Crippen LogP contribution in [0.25, 0.3) is 0 Å². The Kier molecular flexibility index (Phi) is 77.1. The molecule has 0 spiro atoms. The molecule has 6 rings (SSSR count). The van der Waals surface area contributed by atoms with E-state index in [2.05, 4.69) is 56.8 Å². The number of aryl methyl sites for hydroxylation is 2. The van der Waals surface area contributed by atoms with Crippen LogP contribution in [0, 0.1) is 13.8 Å². The van der Waals surface area contributed by atoms with Gasteiger partial charge >= 0.3 is 37.8 Å². The Labute approximate surface area is 690 Å². The van der Waals surface area contributed by atoms with E-state index >= 15 is 0 Å². The second-order valence-corrected chi connectivity index (χ2v) is 33.7. The van der Waals surface area contributed by atoms with E-state index in [0.717, 1.165) is 38.7 Å². The van der Waals surface area contributed by atoms with E-state index in [1.165, 1.54) is 0 Å². The number of alkyl halides is 3. The average Bonchev–Trinajstić information content (AvgIpc) is 3.48. The van der Waals surface area contributed by atoms with E-state index in [9.17, 15) is 55.4 Å². The summed E-state index contributed by atoms with van der Waals surface area (Å²) in [5, 5.41) is 0.749. The van der Waals surface area contributed by atoms with Crippen LogP contribution in [-0.2, 0) is 222 Å². The van der Waals surface area contributed by atoms with Crippen molar-refractivity contribution in [1.82, 2.24) is 0 Å². The molecule has 0 bridgehead atoms. The van der Waals surface area contributed by atoms with E-state index in [1.807, 2.05) is 38.1 Å². The first kappa shape index (κ1) is 115. The van der Waals surface area contributed by atoms with Crippen molar-refractivity contribution >= 4 is 129 Å². The summed E-state index contributed by atoms with van der Waals surface area (Å²) in [6, 6.07) is 40.7. The number of rotatable bonds is 19. The molecular weight excluding hydrogens is 1820 g/mol. The molecule has 0 saturated carbocycles. The Hall–Kier alpha value is 1.94. The standard InChI is InChI=1S/C9H10Br2O2S.C9H11BrO2S.2C9H13NO2S.C9H12O2S.C7H8O2S.C4H10O3P.ClH.Na.7V.H2/c1-2-14(12,13)8-5-3-7(4-6-8)9(10)11;3*1-2-13(11,12)9-5-3-8(7-10)4-6-9;1-3-12(10,11)9-6-4-8(2)5-7-9;1-6-2-4-7(5-3-6)10(8)9;1-3-6-8(5)7-4-2;;;;;;;;;;/h3-6,9H,2H2,1H3;3-6H,2,7H2,1H3;2*3-6H,2,7,10H2,1H3;4-7H,3H2,1-2H3;2-5H,1H3,(H,8,9);3-4H2,1-2H3;1H;;;;;;;;;1H/q;;;;;;+1;;+1;;;;;;;;/p-1. The number of sulfone groups is 5. The van der Waals surface area contributed by atoms with Gasteiger partial charge in [-0.25, -0.2) is 42.1 Å². The smallest absolute Gasteiger partial charge is 0.768 e. The summed E-state index contributed by atoms with van der Waals surface area (Å²) in [5.74, 6) is 0.721. The fourth-order valence-electron chi connectivity index (χ4n) is 5.75. The second-order valence-electron chi connectivity index (χ2n) is 16.8. The van der Waals surface area contributed by atoms with Crippen molar-refractivity contribution in [3.63, 3.8) is 0 Å². The predicted octanol–water partition coefficient (Wildman–Crippen LogP) is 9.91. The summed E-state index contributed by atoms with van der Waals surface area (Å²) < 4.78 is 154. The zero-order valence-corrected chi connectivity index (χ0v) is 75.5. The van der Waals surface area contributed by atoms with Gasteiger partial charge in [-0.3, -0.25) is 4.21 Å². The Bertz CT molecular complexity index is 3310. The van der Waals surface area contributed by atoms with Crippen LogP contribution in [-0.4, -0.2) is 92.8 Å². The van der Waals surface area contributed by atoms with E-state index in [-0.39, 0.29) is 206 Å². The monoisotopic (exact) mass is 1890 g/mol. The Morgan fingerprint density at radius 2 is 0.663 bits per heavy atom. The minimum Gasteiger partial charge on any atom is -0.768 e. The molecule has 36 heteroatoms. The van der Waals surface area contributed by atoms with Gasteiger partial charge in [0.2, 0.25) is 0 Å². The molecule has 0 aromatic heterocycles. The zero-order chi connectivity index (χ0) is 63.6. The fourth-order valence-corrected chi connectivity index (χ4v) is 12.0. The molecule has 7 radical (unpaired) electrons. The van der Waals surface area contributed by atoms with Gasteiger partial charge in [0.25, 0.3) is 0 Å². The van der Waals surface area contributed by atoms with Gasteiger partial charge in [-0.15, -0.1) is 21.5 Å². The molecule has 0 aliphatic heterocycles. The number of benzene rings is 6. The maximum atomic E-state index is 11.5. The summed E-state index contributed by atoms with van der Waals surface area (Å²) >= 11 is 7.90. The number of hydrogen-bond donors (Lipinski definition) is 2. The van der Waals surface area contributed by atoms with Gasteiger partial charge in [-0.2, -0.15) is 0 Å². The topological polar surface area (TPSA) is 298 Å². The molecule has 0 fully saturated rings. The van der Waals surface area contributed by atoms with Crippen molar-refractivity contribution in [2.45, 2.75) is 114 Å². The first-order valence-corrected chi connectivity index (χ1v) is 38.9. The van der Waals surface area contributed by atoms with Gasteiger partial charge in [-0.1, -0.05) is 166 Å². The van der Waals surface area contributed by atoms with Gasteiger partial charge in [0.15, 0.2) is 49.2 Å². The first-order valence-electron chi connectivity index (χ1n) is 25.5. The summed E-state index contributed by atoms with van der Waals surface area (Å²) in [4.78, 5) is 2.27. The maximum absolute atomic E-state index is 11.5. The van der Waals surface area contributed by atoms with Crippen molar-refractivity contribution in [2.24, 2.45) is 11.5 Å². The normalized spacial score (nSPS) is 10.4. The third-order valence-corrected chi connectivity index (χ3v) is 23.0. The molecule has 0 saturated heterocycles. The summed E-state index contributed by atoms with van der Waals surface area (Å²) in [6.45, 7) is 17.3. The van der Waals surface area contributed by atoms with Crippen LogP contribution >= 0.6 is 68.5 Å². The quantitative estimate of drug-likeness (QED) is 0.0330. The Morgan fingerprint density at radius 3 is 0.859 bits per heavy atom. The summed E-state index contributed by atoms with van der Waals surface area (Å²) in [5.41, 5.74) is 16.9. The van der Waals surface area contributed by atoms with E-state index in [0.29, 0.717) is 55.7 Å². The third kappa shape index (κ3) is 47.2. The third-order valence-electron chi connectivity index (χ3n) is 10.9. The van der Waals surface area contributed by atoms with Gasteiger partial charge in [0.1, 0.15) is 13.2 Å². The van der Waals surface area contributed by atoms with Crippen molar-refractivity contribution in [3.8, 4) is 0 Å². The molecule has 6 aromatic carbocycles. The van der Waals surface area contributed by atoms with Crippen LogP contribution in [0.4, 0.5) is 0 Å². The molecule has 92 heavy (non-hydrogen) atoms. The predicted molar refractivity (Wildman–Crippen MR) is 353 cm³/mol. The minimum atomic E-state index is -3.07. The van der Waals surface area contributed by atoms with Crippen LogP contribution in [0.3, 0.4) is 0 Å². The van der Waals surface area contributed by atoms with Crippen molar-refractivity contribution < 1.29 is 225 Å². The average molecular weight is 1900 g/mol. The van der Waals surface area contributed by atoms with Crippen LogP contribution in [0.5, 0.6) is 0 Å². The second kappa shape index (κ2) is 61.6. The molecule has 507 valence electrons. The molecule has 17 nitrogen and oxygen atoms in total. The minimum absolute atomic E-state index is 0. The van der Waals surface area contributed by atoms with Crippen LogP contribution in [0.2, 0.25) is 0 Å². The van der Waals surface area contributed by atoms with Gasteiger partial charge < -0.3 is 16.0 Å². The molecule has 4 N–H and O–H groups in total. The molecule has 0 heterocycles. The SMILES string of the molecule is CCO[P+](=O)OCC.CCS(=O)(=O)c1ccc(C(Br)Br)cc1.CCS(=O)(=O)c1ccc(C)cc1.CCS(=O)(=O)c1ccc(CBr)cc1.CCS(=O)(=O)c1ccc(CN)cc1.CCS(=O)(=O)c1ccc(CN)cc1.Cc1ccc(S(=O)[O-])cc1.Cl.[HH].[Na+].[V].[V].[V].[V].[V].[V].[V]. The Balaban J connectivity index is -0.0000000925. The van der Waals surface area contributed by atoms with Gasteiger partial charge in [-0.05, 0) is 134 Å². The van der Waals surface area contributed by atoms with Crippen LogP contribution in [0.1, 0.15) is 87.0 Å². The number of nitrogens with two attached hydrogens (primary N) is 2. The zero-order valence-electron chi connectivity index (χ0n) is 52.4. The molecule has 0 amide bonds. The van der Waals surface area contributed by atoms with Gasteiger partial charge in [0, 0.05) is 159 Å². The maximum Gasteiger partial charge on any atom is 1.00 e. The molecule has 0 aliphatic rings. The Morgan fingerprint density at radius 1 is 0.446 bits per heavy atom. The molecule has 1 atom stereocenters. The van der Waals surface area contributed by atoms with E-state index in [1.54, 1.807) is 170 Å². The number of hydrogen-bond acceptors (Lipinski definition) is 17. The van der Waals surface area contributed by atoms with Crippen LogP contribution < -0.4 is 41.0 Å². The van der Waals surface area contributed by atoms with Crippen molar-refractivity contribution in [1.29, 1.82) is 0 Å². The van der Waals surface area contributed by atoms with Crippen LogP contribution in [0.15, 0.2) is 175 Å². The van der Waals surface area contributed by atoms with Crippen molar-refractivity contribution in [2.75, 3.05) is 42.0 Å². The molecule has 6 aromatic rings. The van der Waals surface area contributed by atoms with E-state index in [4.69, 9.17) is 11.5 Å². The van der Waals surface area contributed by atoms with E-state index < -0.39 is 68.5 Å². The fraction of sp³-hybridized carbons (Fsp3) is 0.357. The molecule has 0 aliphatic carbocycles. The first-order chi connectivity index (χ1) is 38.8. The molecular formula is C56H79Br3ClN2NaO15PS6V7+. The van der Waals surface area contributed by atoms with Crippen molar-refractivity contribution in [3.05, 3.63) is 179 Å². The molecule has 1 unspecified atom stereocenters. The number of halogens is 4. The largest absolute Gasteiger partial charge is 1.00 e.